The van der Waals surface area contributed by atoms with Gasteiger partial charge in [0.2, 0.25) is 5.91 Å². The normalized spacial score (nSPS) is 13.8. The summed E-state index contributed by atoms with van der Waals surface area (Å²) >= 11 is 0. The van der Waals surface area contributed by atoms with Gasteiger partial charge in [-0.25, -0.2) is 0 Å². The van der Waals surface area contributed by atoms with Crippen LogP contribution in [0.25, 0.3) is 0 Å². The van der Waals surface area contributed by atoms with Crippen molar-refractivity contribution >= 4 is 17.5 Å². The molecule has 0 bridgehead atoms. The van der Waals surface area contributed by atoms with Gasteiger partial charge < -0.3 is 16.0 Å². The number of amides is 2. The Balaban J connectivity index is 1.87. The SMILES string of the molecule is CNCCCNC(=O)c1cccc(NC(=O)C2CC2)c1. The molecule has 0 unspecified atom stereocenters. The van der Waals surface area contributed by atoms with Gasteiger partial charge in [0.25, 0.3) is 5.91 Å². The Morgan fingerprint density at radius 1 is 1.25 bits per heavy atom. The van der Waals surface area contributed by atoms with Crippen LogP contribution in [0.3, 0.4) is 0 Å². The summed E-state index contributed by atoms with van der Waals surface area (Å²) in [6, 6.07) is 7.05. The Labute approximate surface area is 119 Å². The molecule has 0 saturated heterocycles. The van der Waals surface area contributed by atoms with E-state index >= 15 is 0 Å². The van der Waals surface area contributed by atoms with Crippen molar-refractivity contribution < 1.29 is 9.59 Å². The Morgan fingerprint density at radius 3 is 2.75 bits per heavy atom. The summed E-state index contributed by atoms with van der Waals surface area (Å²) in [7, 11) is 1.88. The molecule has 1 aliphatic carbocycles. The maximum atomic E-state index is 11.9. The first-order valence-electron chi connectivity index (χ1n) is 7.04. The maximum absolute atomic E-state index is 11.9. The molecule has 0 aromatic heterocycles. The van der Waals surface area contributed by atoms with E-state index in [0.29, 0.717) is 17.8 Å². The number of rotatable bonds is 7. The number of anilines is 1. The van der Waals surface area contributed by atoms with Gasteiger partial charge in [-0.05, 0) is 51.1 Å². The molecule has 0 heterocycles. The van der Waals surface area contributed by atoms with Crippen molar-refractivity contribution in [1.29, 1.82) is 0 Å². The van der Waals surface area contributed by atoms with E-state index in [1.54, 1.807) is 24.3 Å². The molecule has 0 atom stereocenters. The molecule has 1 fully saturated rings. The zero-order valence-electron chi connectivity index (χ0n) is 11.7. The predicted octanol–water partition coefficient (Wildman–Crippen LogP) is 1.37. The molecule has 1 saturated carbocycles. The molecule has 5 nitrogen and oxygen atoms in total. The highest BCUT2D eigenvalue weighted by molar-refractivity contribution is 5.98. The first kappa shape index (κ1) is 14.5. The molecule has 5 heteroatoms. The molecule has 0 spiro atoms. The fraction of sp³-hybridized carbons (Fsp3) is 0.467. The first-order valence-corrected chi connectivity index (χ1v) is 7.04. The molecular formula is C15H21N3O2. The van der Waals surface area contributed by atoms with Gasteiger partial charge in [0.05, 0.1) is 0 Å². The smallest absolute Gasteiger partial charge is 0.251 e. The number of nitrogens with one attached hydrogen (secondary N) is 3. The summed E-state index contributed by atoms with van der Waals surface area (Å²) < 4.78 is 0. The number of carbonyl (C=O) groups excluding carboxylic acids is 2. The van der Waals surface area contributed by atoms with Gasteiger partial charge in [-0.3, -0.25) is 9.59 Å². The third-order valence-corrected chi connectivity index (χ3v) is 3.23. The van der Waals surface area contributed by atoms with E-state index in [0.717, 1.165) is 25.8 Å². The van der Waals surface area contributed by atoms with Crippen LogP contribution in [0, 0.1) is 5.92 Å². The molecule has 3 N–H and O–H groups in total. The summed E-state index contributed by atoms with van der Waals surface area (Å²) in [5.74, 6) is 0.106. The van der Waals surface area contributed by atoms with Gasteiger partial charge in [0, 0.05) is 23.7 Å². The lowest BCUT2D eigenvalue weighted by atomic mass is 10.2. The van der Waals surface area contributed by atoms with Crippen LogP contribution in [-0.2, 0) is 4.79 Å². The van der Waals surface area contributed by atoms with E-state index in [1.165, 1.54) is 0 Å². The second-order valence-electron chi connectivity index (χ2n) is 5.06. The number of benzene rings is 1. The second kappa shape index (κ2) is 7.05. The van der Waals surface area contributed by atoms with Crippen molar-refractivity contribution in [1.82, 2.24) is 10.6 Å². The summed E-state index contributed by atoms with van der Waals surface area (Å²) in [5, 5.41) is 8.73. The van der Waals surface area contributed by atoms with E-state index in [2.05, 4.69) is 16.0 Å². The van der Waals surface area contributed by atoms with E-state index in [9.17, 15) is 9.59 Å². The van der Waals surface area contributed by atoms with Gasteiger partial charge in [-0.15, -0.1) is 0 Å². The predicted molar refractivity (Wildman–Crippen MR) is 78.7 cm³/mol. The fourth-order valence-electron chi connectivity index (χ4n) is 1.90. The lowest BCUT2D eigenvalue weighted by molar-refractivity contribution is -0.117. The number of carbonyl (C=O) groups is 2. The minimum atomic E-state index is -0.108. The molecule has 0 aliphatic heterocycles. The molecule has 20 heavy (non-hydrogen) atoms. The maximum Gasteiger partial charge on any atom is 0.251 e. The first-order chi connectivity index (χ1) is 9.70. The molecular weight excluding hydrogens is 254 g/mol. The average Bonchev–Trinajstić information content (AvgIpc) is 3.28. The van der Waals surface area contributed by atoms with Crippen molar-refractivity contribution in [2.24, 2.45) is 5.92 Å². The van der Waals surface area contributed by atoms with Gasteiger partial charge in [0.15, 0.2) is 0 Å². The summed E-state index contributed by atoms with van der Waals surface area (Å²) in [6.45, 7) is 1.51. The highest BCUT2D eigenvalue weighted by Crippen LogP contribution is 2.30. The summed E-state index contributed by atoms with van der Waals surface area (Å²) in [5.41, 5.74) is 1.26. The van der Waals surface area contributed by atoms with Crippen LogP contribution in [0.1, 0.15) is 29.6 Å². The Kier molecular flexibility index (Phi) is 5.12. The van der Waals surface area contributed by atoms with E-state index in [1.807, 2.05) is 7.05 Å². The van der Waals surface area contributed by atoms with E-state index < -0.39 is 0 Å². The number of hydrogen-bond donors (Lipinski definition) is 3. The van der Waals surface area contributed by atoms with Gasteiger partial charge in [-0.1, -0.05) is 6.07 Å². The van der Waals surface area contributed by atoms with Gasteiger partial charge in [-0.2, -0.15) is 0 Å². The highest BCUT2D eigenvalue weighted by Gasteiger charge is 2.29. The Morgan fingerprint density at radius 2 is 2.05 bits per heavy atom. The monoisotopic (exact) mass is 275 g/mol. The average molecular weight is 275 g/mol. The highest BCUT2D eigenvalue weighted by atomic mass is 16.2. The van der Waals surface area contributed by atoms with Crippen molar-refractivity contribution in [3.05, 3.63) is 29.8 Å². The van der Waals surface area contributed by atoms with Crippen molar-refractivity contribution in [2.75, 3.05) is 25.5 Å². The zero-order chi connectivity index (χ0) is 14.4. The van der Waals surface area contributed by atoms with Crippen LogP contribution >= 0.6 is 0 Å². The third-order valence-electron chi connectivity index (χ3n) is 3.23. The molecule has 2 rings (SSSR count). The largest absolute Gasteiger partial charge is 0.352 e. The van der Waals surface area contributed by atoms with Crippen molar-refractivity contribution in [3.63, 3.8) is 0 Å². The van der Waals surface area contributed by atoms with Gasteiger partial charge in [0.1, 0.15) is 0 Å². The Hall–Kier alpha value is -1.88. The van der Waals surface area contributed by atoms with Crippen molar-refractivity contribution in [3.8, 4) is 0 Å². The summed E-state index contributed by atoms with van der Waals surface area (Å²) in [6.07, 6.45) is 2.83. The van der Waals surface area contributed by atoms with Crippen LogP contribution in [0.5, 0.6) is 0 Å². The fourth-order valence-corrected chi connectivity index (χ4v) is 1.90. The van der Waals surface area contributed by atoms with Crippen LogP contribution in [-0.4, -0.2) is 32.0 Å². The van der Waals surface area contributed by atoms with Crippen LogP contribution in [0.15, 0.2) is 24.3 Å². The third kappa shape index (κ3) is 4.35. The van der Waals surface area contributed by atoms with Crippen LogP contribution in [0.4, 0.5) is 5.69 Å². The quantitative estimate of drug-likeness (QED) is 0.658. The van der Waals surface area contributed by atoms with E-state index in [-0.39, 0.29) is 17.7 Å². The molecule has 1 aliphatic rings. The molecule has 1 aromatic carbocycles. The molecule has 2 amide bonds. The number of hydrogen-bond acceptors (Lipinski definition) is 3. The lowest BCUT2D eigenvalue weighted by Crippen LogP contribution is -2.26. The standard InChI is InChI=1S/C15H21N3O2/c1-16-8-3-9-17-14(19)12-4-2-5-13(10-12)18-15(20)11-6-7-11/h2,4-5,10-11,16H,3,6-9H2,1H3,(H,17,19)(H,18,20). The van der Waals surface area contributed by atoms with Gasteiger partial charge >= 0.3 is 0 Å². The van der Waals surface area contributed by atoms with Crippen molar-refractivity contribution in [2.45, 2.75) is 19.3 Å². The summed E-state index contributed by atoms with van der Waals surface area (Å²) in [4.78, 5) is 23.6. The van der Waals surface area contributed by atoms with Crippen LogP contribution < -0.4 is 16.0 Å². The lowest BCUT2D eigenvalue weighted by Gasteiger charge is -2.08. The molecule has 0 radical (unpaired) electrons. The Bertz CT molecular complexity index is 484. The minimum Gasteiger partial charge on any atom is -0.352 e. The topological polar surface area (TPSA) is 70.2 Å². The second-order valence-corrected chi connectivity index (χ2v) is 5.06. The molecule has 1 aromatic rings. The molecule has 108 valence electrons. The van der Waals surface area contributed by atoms with E-state index in [4.69, 9.17) is 0 Å². The van der Waals surface area contributed by atoms with Crippen LogP contribution in [0.2, 0.25) is 0 Å². The zero-order valence-corrected chi connectivity index (χ0v) is 11.7. The minimum absolute atomic E-state index is 0.0524.